The monoisotopic (exact) mass is 280 g/mol. The van der Waals surface area contributed by atoms with Gasteiger partial charge in [-0.3, -0.25) is 10.2 Å². The van der Waals surface area contributed by atoms with Crippen LogP contribution in [-0.4, -0.2) is 33.3 Å². The lowest BCUT2D eigenvalue weighted by molar-refractivity contribution is -0.147. The summed E-state index contributed by atoms with van der Waals surface area (Å²) in [6.07, 6.45) is 0. The minimum absolute atomic E-state index is 0.185. The van der Waals surface area contributed by atoms with Crippen molar-refractivity contribution in [3.63, 3.8) is 0 Å². The van der Waals surface area contributed by atoms with Crippen molar-refractivity contribution in [2.45, 2.75) is 13.0 Å². The Morgan fingerprint density at radius 1 is 1.35 bits per heavy atom. The van der Waals surface area contributed by atoms with Gasteiger partial charge >= 0.3 is 5.97 Å². The van der Waals surface area contributed by atoms with Gasteiger partial charge in [-0.2, -0.15) is 0 Å². The zero-order valence-corrected chi connectivity index (χ0v) is 11.9. The number of rotatable bonds is 5. The van der Waals surface area contributed by atoms with Crippen molar-refractivity contribution in [3.8, 4) is 11.5 Å². The first-order valence-corrected chi connectivity index (χ1v) is 6.58. The second-order valence-electron chi connectivity index (χ2n) is 4.47. The molecule has 0 amide bonds. The predicted molar refractivity (Wildman–Crippen MR) is 73.5 cm³/mol. The first-order valence-electron chi connectivity index (χ1n) is 6.58. The van der Waals surface area contributed by atoms with E-state index in [9.17, 15) is 4.79 Å². The van der Waals surface area contributed by atoms with Crippen LogP contribution in [0.1, 0.15) is 18.5 Å². The molecule has 2 unspecified atom stereocenters. The fraction of sp³-hybridized carbons (Fsp3) is 0.500. The summed E-state index contributed by atoms with van der Waals surface area (Å²) < 4.78 is 15.7. The van der Waals surface area contributed by atoms with Gasteiger partial charge in [-0.1, -0.05) is 0 Å². The van der Waals surface area contributed by atoms with Gasteiger partial charge in [0.05, 0.1) is 32.8 Å². The molecule has 0 saturated carbocycles. The Bertz CT molecular complexity index is 478. The molecule has 2 atom stereocenters. The van der Waals surface area contributed by atoms with E-state index in [0.29, 0.717) is 24.7 Å². The summed E-state index contributed by atoms with van der Waals surface area (Å²) in [7, 11) is 3.20. The molecule has 20 heavy (non-hydrogen) atoms. The van der Waals surface area contributed by atoms with E-state index >= 15 is 0 Å². The lowest BCUT2D eigenvalue weighted by Crippen LogP contribution is -2.27. The second kappa shape index (κ2) is 6.58. The Balaban J connectivity index is 2.27. The standard InChI is InChI=1S/C14H20N2O4/c1-4-20-14(17)11-8-15-16-13(11)10-6-5-9(18-2)7-12(10)19-3/h5-7,11,13,15-16H,4,8H2,1-3H3. The largest absolute Gasteiger partial charge is 0.497 e. The summed E-state index contributed by atoms with van der Waals surface area (Å²) in [4.78, 5) is 12.0. The number of esters is 1. The topological polar surface area (TPSA) is 68.8 Å². The molecule has 0 aliphatic carbocycles. The molecule has 1 heterocycles. The molecule has 1 aromatic rings. The summed E-state index contributed by atoms with van der Waals surface area (Å²) in [5.41, 5.74) is 7.00. The van der Waals surface area contributed by atoms with Gasteiger partial charge in [-0.25, -0.2) is 5.43 Å². The maximum Gasteiger partial charge on any atom is 0.312 e. The quantitative estimate of drug-likeness (QED) is 0.785. The third kappa shape index (κ3) is 2.86. The van der Waals surface area contributed by atoms with Gasteiger partial charge in [0.2, 0.25) is 0 Å². The summed E-state index contributed by atoms with van der Waals surface area (Å²) >= 11 is 0. The Labute approximate surface area is 118 Å². The lowest BCUT2D eigenvalue weighted by Gasteiger charge is -2.20. The van der Waals surface area contributed by atoms with E-state index in [0.717, 1.165) is 5.56 Å². The molecule has 2 N–H and O–H groups in total. The third-order valence-electron chi connectivity index (χ3n) is 3.35. The van der Waals surface area contributed by atoms with E-state index in [-0.39, 0.29) is 17.9 Å². The van der Waals surface area contributed by atoms with E-state index in [2.05, 4.69) is 10.9 Å². The molecule has 6 heteroatoms. The van der Waals surface area contributed by atoms with Crippen molar-refractivity contribution in [1.29, 1.82) is 0 Å². The van der Waals surface area contributed by atoms with Crippen LogP contribution in [0.4, 0.5) is 0 Å². The maximum absolute atomic E-state index is 12.0. The van der Waals surface area contributed by atoms with Crippen molar-refractivity contribution in [1.82, 2.24) is 10.9 Å². The molecule has 110 valence electrons. The molecule has 1 aromatic carbocycles. The van der Waals surface area contributed by atoms with Crippen molar-refractivity contribution in [3.05, 3.63) is 23.8 Å². The molecule has 1 aliphatic rings. The van der Waals surface area contributed by atoms with Gasteiger partial charge in [-0.15, -0.1) is 0 Å². The van der Waals surface area contributed by atoms with E-state index < -0.39 is 0 Å². The van der Waals surface area contributed by atoms with Gasteiger partial charge < -0.3 is 14.2 Å². The molecular weight excluding hydrogens is 260 g/mol. The normalized spacial score (nSPS) is 21.6. The average Bonchev–Trinajstić information content (AvgIpc) is 2.96. The minimum atomic E-state index is -0.280. The Morgan fingerprint density at radius 3 is 2.80 bits per heavy atom. The van der Waals surface area contributed by atoms with Crippen molar-refractivity contribution >= 4 is 5.97 Å². The number of nitrogens with one attached hydrogen (secondary N) is 2. The van der Waals surface area contributed by atoms with Gasteiger partial charge in [0, 0.05) is 18.2 Å². The van der Waals surface area contributed by atoms with E-state index in [1.165, 1.54) is 0 Å². The zero-order valence-electron chi connectivity index (χ0n) is 11.9. The van der Waals surface area contributed by atoms with E-state index in [1.807, 2.05) is 12.1 Å². The Kier molecular flexibility index (Phi) is 4.81. The number of carbonyl (C=O) groups excluding carboxylic acids is 1. The van der Waals surface area contributed by atoms with Crippen molar-refractivity contribution in [2.24, 2.45) is 5.92 Å². The Morgan fingerprint density at radius 2 is 2.15 bits per heavy atom. The molecule has 0 aromatic heterocycles. The molecule has 1 aliphatic heterocycles. The van der Waals surface area contributed by atoms with Crippen molar-refractivity contribution < 1.29 is 19.0 Å². The lowest BCUT2D eigenvalue weighted by atomic mass is 9.94. The summed E-state index contributed by atoms with van der Waals surface area (Å²) in [6.45, 7) is 2.71. The second-order valence-corrected chi connectivity index (χ2v) is 4.47. The number of hydrogen-bond acceptors (Lipinski definition) is 6. The van der Waals surface area contributed by atoms with Crippen LogP contribution in [-0.2, 0) is 9.53 Å². The summed E-state index contributed by atoms with van der Waals surface area (Å²) in [5.74, 6) is 0.897. The van der Waals surface area contributed by atoms with Gasteiger partial charge in [0.25, 0.3) is 0 Å². The molecule has 0 spiro atoms. The number of hydrogen-bond donors (Lipinski definition) is 2. The maximum atomic E-state index is 12.0. The first kappa shape index (κ1) is 14.6. The van der Waals surface area contributed by atoms with Crippen LogP contribution < -0.4 is 20.3 Å². The van der Waals surface area contributed by atoms with Crippen LogP contribution in [0.5, 0.6) is 11.5 Å². The molecule has 6 nitrogen and oxygen atoms in total. The van der Waals surface area contributed by atoms with Crippen LogP contribution in [0.15, 0.2) is 18.2 Å². The van der Waals surface area contributed by atoms with E-state index in [4.69, 9.17) is 14.2 Å². The molecule has 1 saturated heterocycles. The fourth-order valence-electron chi connectivity index (χ4n) is 2.34. The molecule has 0 radical (unpaired) electrons. The van der Waals surface area contributed by atoms with Crippen LogP contribution in [0.25, 0.3) is 0 Å². The highest BCUT2D eigenvalue weighted by Crippen LogP contribution is 2.34. The molecular formula is C14H20N2O4. The molecule has 0 bridgehead atoms. The number of methoxy groups -OCH3 is 2. The average molecular weight is 280 g/mol. The van der Waals surface area contributed by atoms with Gasteiger partial charge in [0.15, 0.2) is 0 Å². The smallest absolute Gasteiger partial charge is 0.312 e. The summed E-state index contributed by atoms with van der Waals surface area (Å²) in [5, 5.41) is 0. The highest BCUT2D eigenvalue weighted by Gasteiger charge is 2.36. The van der Waals surface area contributed by atoms with E-state index in [1.54, 1.807) is 27.2 Å². The van der Waals surface area contributed by atoms with Gasteiger partial charge in [-0.05, 0) is 19.1 Å². The minimum Gasteiger partial charge on any atom is -0.497 e. The fourth-order valence-corrected chi connectivity index (χ4v) is 2.34. The number of ether oxygens (including phenoxy) is 3. The predicted octanol–water partition coefficient (Wildman–Crippen LogP) is 1.03. The zero-order chi connectivity index (χ0) is 14.5. The summed E-state index contributed by atoms with van der Waals surface area (Å²) in [6, 6.07) is 5.36. The van der Waals surface area contributed by atoms with Crippen LogP contribution in [0.3, 0.4) is 0 Å². The molecule has 2 rings (SSSR count). The number of carbonyl (C=O) groups is 1. The number of hydrazine groups is 1. The van der Waals surface area contributed by atoms with Crippen LogP contribution in [0.2, 0.25) is 0 Å². The van der Waals surface area contributed by atoms with Gasteiger partial charge in [0.1, 0.15) is 11.5 Å². The van der Waals surface area contributed by atoms with Crippen molar-refractivity contribution in [2.75, 3.05) is 27.4 Å². The highest BCUT2D eigenvalue weighted by molar-refractivity contribution is 5.74. The highest BCUT2D eigenvalue weighted by atomic mass is 16.5. The van der Waals surface area contributed by atoms with Crippen LogP contribution in [0, 0.1) is 5.92 Å². The van der Waals surface area contributed by atoms with Crippen LogP contribution >= 0.6 is 0 Å². The Hall–Kier alpha value is -1.79. The third-order valence-corrected chi connectivity index (χ3v) is 3.35. The SMILES string of the molecule is CCOC(=O)C1CNNC1c1ccc(OC)cc1OC. The first-order chi connectivity index (χ1) is 9.71. The number of benzene rings is 1. The molecule has 1 fully saturated rings.